The molecule has 4 aliphatic heterocycles. The Kier molecular flexibility index (Phi) is 2.70. The van der Waals surface area contributed by atoms with E-state index in [4.69, 9.17) is 9.47 Å². The molecular formula is C17H19NO4. The molecule has 7 rings (SSSR count). The summed E-state index contributed by atoms with van der Waals surface area (Å²) in [4.78, 5) is 27.1. The average Bonchev–Trinajstić information content (AvgIpc) is 2.80. The first-order valence-corrected chi connectivity index (χ1v) is 7.68. The Morgan fingerprint density at radius 3 is 3.00 bits per heavy atom. The van der Waals surface area contributed by atoms with Gasteiger partial charge in [0, 0.05) is 18.5 Å². The number of carbonyl (C=O) groups is 2. The lowest BCUT2D eigenvalue weighted by atomic mass is 9.57. The van der Waals surface area contributed by atoms with Gasteiger partial charge in [0.2, 0.25) is 5.91 Å². The van der Waals surface area contributed by atoms with E-state index in [1.54, 1.807) is 11.8 Å². The predicted molar refractivity (Wildman–Crippen MR) is 78.7 cm³/mol. The summed E-state index contributed by atoms with van der Waals surface area (Å²) in [5.74, 6) is -0.375. The van der Waals surface area contributed by atoms with Crippen molar-refractivity contribution in [3.05, 3.63) is 36.0 Å². The fourth-order valence-electron chi connectivity index (χ4n) is 4.26. The number of ether oxygens (including phenoxy) is 2. The summed E-state index contributed by atoms with van der Waals surface area (Å²) < 4.78 is 10.9. The van der Waals surface area contributed by atoms with Gasteiger partial charge in [-0.2, -0.15) is 0 Å². The monoisotopic (exact) mass is 301 g/mol. The standard InChI is InChI=1S/C17H19NO4/c1-3-22-14(19)12-8-16-6-4-11(12)13-5-7-17(16,10-21-9-16)15(20)18(13)2/h4-8,11,13H,3,9-10H2,1-2H3/t11-,13+,16+,17-/m0/s1. The van der Waals surface area contributed by atoms with Gasteiger partial charge in [-0.1, -0.05) is 30.4 Å². The minimum atomic E-state index is -0.738. The van der Waals surface area contributed by atoms with Gasteiger partial charge in [-0.3, -0.25) is 4.79 Å². The predicted octanol–water partition coefficient (Wildman–Crippen LogP) is 1.08. The molecule has 1 fully saturated rings. The number of hydrogen-bond donors (Lipinski definition) is 0. The molecule has 2 spiro atoms. The Bertz CT molecular complexity index is 649. The highest BCUT2D eigenvalue weighted by Crippen LogP contribution is 2.57. The van der Waals surface area contributed by atoms with Crippen molar-refractivity contribution in [3.8, 4) is 0 Å². The number of carbonyl (C=O) groups excluding carboxylic acids is 2. The molecule has 7 aliphatic rings. The number of likely N-dealkylation sites (N-methyl/N-ethyl adjacent to an activating group) is 1. The summed E-state index contributed by atoms with van der Waals surface area (Å²) >= 11 is 0. The van der Waals surface area contributed by atoms with Crippen molar-refractivity contribution >= 4 is 11.9 Å². The molecule has 4 bridgehead atoms. The van der Waals surface area contributed by atoms with E-state index in [0.717, 1.165) is 0 Å². The number of esters is 1. The van der Waals surface area contributed by atoms with Gasteiger partial charge in [0.1, 0.15) is 5.41 Å². The molecule has 0 saturated carbocycles. The molecule has 0 radical (unpaired) electrons. The quantitative estimate of drug-likeness (QED) is 0.565. The molecule has 1 saturated heterocycles. The van der Waals surface area contributed by atoms with Gasteiger partial charge < -0.3 is 14.4 Å². The smallest absolute Gasteiger partial charge is 0.334 e. The van der Waals surface area contributed by atoms with Crippen LogP contribution in [0, 0.1) is 16.7 Å². The Hall–Kier alpha value is -1.88. The van der Waals surface area contributed by atoms with Gasteiger partial charge in [-0.05, 0) is 6.92 Å². The Morgan fingerprint density at radius 1 is 1.41 bits per heavy atom. The summed E-state index contributed by atoms with van der Waals surface area (Å²) in [5.41, 5.74) is -0.676. The van der Waals surface area contributed by atoms with E-state index in [0.29, 0.717) is 25.4 Å². The molecule has 1 amide bonds. The first kappa shape index (κ1) is 13.8. The third kappa shape index (κ3) is 1.42. The Balaban J connectivity index is 1.93. The molecule has 0 aromatic rings. The van der Waals surface area contributed by atoms with Crippen molar-refractivity contribution < 1.29 is 19.1 Å². The summed E-state index contributed by atoms with van der Waals surface area (Å²) in [7, 11) is 1.81. The van der Waals surface area contributed by atoms with Crippen LogP contribution in [0.3, 0.4) is 0 Å². The minimum Gasteiger partial charge on any atom is -0.463 e. The minimum absolute atomic E-state index is 0.0750. The van der Waals surface area contributed by atoms with Crippen molar-refractivity contribution in [2.75, 3.05) is 26.9 Å². The molecular weight excluding hydrogens is 282 g/mol. The summed E-state index contributed by atoms with van der Waals surface area (Å²) in [6.07, 6.45) is 10.1. The highest BCUT2D eigenvalue weighted by molar-refractivity contribution is 5.94. The molecule has 0 unspecified atom stereocenters. The van der Waals surface area contributed by atoms with Crippen molar-refractivity contribution in [3.63, 3.8) is 0 Å². The molecule has 5 heteroatoms. The van der Waals surface area contributed by atoms with E-state index in [2.05, 4.69) is 6.08 Å². The molecule has 4 atom stereocenters. The van der Waals surface area contributed by atoms with E-state index in [-0.39, 0.29) is 23.8 Å². The zero-order valence-corrected chi connectivity index (χ0v) is 12.7. The molecule has 22 heavy (non-hydrogen) atoms. The second-order valence-corrected chi connectivity index (χ2v) is 6.48. The number of rotatable bonds is 2. The molecule has 0 aromatic carbocycles. The van der Waals surface area contributed by atoms with Gasteiger partial charge in [0.15, 0.2) is 0 Å². The van der Waals surface area contributed by atoms with Crippen LogP contribution in [0.25, 0.3) is 0 Å². The van der Waals surface area contributed by atoms with Crippen LogP contribution in [0.2, 0.25) is 0 Å². The lowest BCUT2D eigenvalue weighted by Gasteiger charge is -2.51. The molecule has 116 valence electrons. The van der Waals surface area contributed by atoms with Crippen molar-refractivity contribution in [2.24, 2.45) is 16.7 Å². The third-order valence-corrected chi connectivity index (χ3v) is 5.48. The van der Waals surface area contributed by atoms with Crippen LogP contribution >= 0.6 is 0 Å². The Morgan fingerprint density at radius 2 is 2.23 bits per heavy atom. The van der Waals surface area contributed by atoms with E-state index < -0.39 is 10.8 Å². The maximum Gasteiger partial charge on any atom is 0.334 e. The number of hydrogen-bond acceptors (Lipinski definition) is 4. The van der Waals surface area contributed by atoms with Gasteiger partial charge in [0.25, 0.3) is 0 Å². The first-order chi connectivity index (χ1) is 10.5. The maximum absolute atomic E-state index is 13.0. The van der Waals surface area contributed by atoms with Crippen LogP contribution < -0.4 is 0 Å². The topological polar surface area (TPSA) is 55.8 Å². The summed E-state index contributed by atoms with van der Waals surface area (Å²) in [5, 5.41) is 0. The van der Waals surface area contributed by atoms with Crippen molar-refractivity contribution in [1.29, 1.82) is 0 Å². The highest BCUT2D eigenvalue weighted by atomic mass is 16.5. The number of nitrogens with zero attached hydrogens (tertiary/aromatic N) is 1. The van der Waals surface area contributed by atoms with Crippen LogP contribution in [0.5, 0.6) is 0 Å². The highest BCUT2D eigenvalue weighted by Gasteiger charge is 2.63. The average molecular weight is 301 g/mol. The van der Waals surface area contributed by atoms with Crippen LogP contribution in [0.15, 0.2) is 36.0 Å². The lowest BCUT2D eigenvalue weighted by molar-refractivity contribution is -0.146. The SMILES string of the molecule is CCOC(=O)C1=C[C@@]23C=C[C@@H]1[C@H]1C=C[C@]2(COC3)C(=O)N1C. The Labute approximate surface area is 129 Å². The second-order valence-electron chi connectivity index (χ2n) is 6.48. The molecule has 0 aromatic heterocycles. The second kappa shape index (κ2) is 4.32. The van der Waals surface area contributed by atoms with E-state index in [1.807, 2.05) is 31.4 Å². The normalized spacial score (nSPS) is 41.3. The van der Waals surface area contributed by atoms with Crippen LogP contribution in [0.4, 0.5) is 0 Å². The van der Waals surface area contributed by atoms with Gasteiger partial charge >= 0.3 is 5.97 Å². The van der Waals surface area contributed by atoms with E-state index in [1.165, 1.54) is 0 Å². The van der Waals surface area contributed by atoms with Crippen molar-refractivity contribution in [2.45, 2.75) is 13.0 Å². The van der Waals surface area contributed by atoms with Crippen LogP contribution in [-0.2, 0) is 19.1 Å². The molecule has 4 heterocycles. The van der Waals surface area contributed by atoms with Crippen molar-refractivity contribution in [1.82, 2.24) is 4.90 Å². The van der Waals surface area contributed by atoms with Gasteiger partial charge in [0.05, 0.1) is 31.3 Å². The van der Waals surface area contributed by atoms with Crippen LogP contribution in [-0.4, -0.2) is 49.7 Å². The van der Waals surface area contributed by atoms with Crippen LogP contribution in [0.1, 0.15) is 6.92 Å². The van der Waals surface area contributed by atoms with E-state index in [9.17, 15) is 9.59 Å². The summed E-state index contributed by atoms with van der Waals surface area (Å²) in [6, 6.07) is -0.149. The van der Waals surface area contributed by atoms with Gasteiger partial charge in [-0.15, -0.1) is 0 Å². The molecule has 3 aliphatic carbocycles. The lowest BCUT2D eigenvalue weighted by Crippen LogP contribution is -2.60. The van der Waals surface area contributed by atoms with Gasteiger partial charge in [-0.25, -0.2) is 4.79 Å². The molecule has 0 N–H and O–H groups in total. The fraction of sp³-hybridized carbons (Fsp3) is 0.529. The first-order valence-electron chi connectivity index (χ1n) is 7.68. The van der Waals surface area contributed by atoms with E-state index >= 15 is 0 Å². The fourth-order valence-corrected chi connectivity index (χ4v) is 4.26. The maximum atomic E-state index is 13.0. The largest absolute Gasteiger partial charge is 0.463 e. The number of amides is 1. The molecule has 5 nitrogen and oxygen atoms in total. The third-order valence-electron chi connectivity index (χ3n) is 5.48. The summed E-state index contributed by atoms with van der Waals surface area (Å²) in [6.45, 7) is 2.90. The zero-order chi connectivity index (χ0) is 15.5. The zero-order valence-electron chi connectivity index (χ0n) is 12.7.